The number of amides is 1. The predicted octanol–water partition coefficient (Wildman–Crippen LogP) is 3.75. The fourth-order valence-corrected chi connectivity index (χ4v) is 3.88. The van der Waals surface area contributed by atoms with Gasteiger partial charge in [0.2, 0.25) is 5.91 Å². The molecule has 0 spiro atoms. The number of benzene rings is 1. The number of hydrogen-bond donors (Lipinski definition) is 2. The highest BCUT2D eigenvalue weighted by Gasteiger charge is 2.22. The molecule has 2 rings (SSSR count). The number of piperidine rings is 1. The number of likely N-dealkylation sites (tertiary alicyclic amines) is 1. The van der Waals surface area contributed by atoms with Crippen LogP contribution >= 0.6 is 11.6 Å². The minimum atomic E-state index is -0.00285. The van der Waals surface area contributed by atoms with Gasteiger partial charge in [-0.1, -0.05) is 25.4 Å². The Morgan fingerprint density at radius 2 is 2.00 bits per heavy atom. The van der Waals surface area contributed by atoms with Gasteiger partial charge in [0.1, 0.15) is 0 Å². The largest absolute Gasteiger partial charge is 0.383 e. The number of carbonyl (C=O) groups is 1. The molecule has 5 heteroatoms. The second-order valence-electron chi connectivity index (χ2n) is 7.42. The Morgan fingerprint density at radius 3 is 2.62 bits per heavy atom. The van der Waals surface area contributed by atoms with Crippen LogP contribution in [0.25, 0.3) is 0 Å². The molecule has 4 nitrogen and oxygen atoms in total. The molecule has 134 valence electrons. The molecule has 0 bridgehead atoms. The molecule has 3 atom stereocenters. The second-order valence-corrected chi connectivity index (χ2v) is 7.86. The van der Waals surface area contributed by atoms with Gasteiger partial charge < -0.3 is 10.6 Å². The van der Waals surface area contributed by atoms with Gasteiger partial charge in [0.25, 0.3) is 0 Å². The number of halogens is 1. The Hall–Kier alpha value is -1.26. The molecule has 0 radical (unpaired) electrons. The first-order chi connectivity index (χ1) is 11.3. The predicted molar refractivity (Wildman–Crippen MR) is 101 cm³/mol. The maximum absolute atomic E-state index is 11.1. The van der Waals surface area contributed by atoms with Crippen LogP contribution in [0.3, 0.4) is 0 Å². The highest BCUT2D eigenvalue weighted by molar-refractivity contribution is 6.30. The van der Waals surface area contributed by atoms with Crippen LogP contribution in [0, 0.1) is 11.8 Å². The van der Waals surface area contributed by atoms with Crippen molar-refractivity contribution in [3.8, 4) is 0 Å². The van der Waals surface area contributed by atoms with Crippen LogP contribution in [0.4, 0.5) is 5.69 Å². The summed E-state index contributed by atoms with van der Waals surface area (Å²) < 4.78 is 0. The average Bonchev–Trinajstić information content (AvgIpc) is 2.44. The van der Waals surface area contributed by atoms with Gasteiger partial charge in [-0.3, -0.25) is 9.69 Å². The molecule has 0 saturated carbocycles. The Balaban J connectivity index is 2.03. The first kappa shape index (κ1) is 19.1. The molecule has 1 heterocycles. The number of anilines is 1. The van der Waals surface area contributed by atoms with Crippen molar-refractivity contribution in [3.63, 3.8) is 0 Å². The third-order valence-electron chi connectivity index (χ3n) is 4.45. The summed E-state index contributed by atoms with van der Waals surface area (Å²) in [4.78, 5) is 13.7. The highest BCUT2D eigenvalue weighted by Crippen LogP contribution is 2.26. The fourth-order valence-electron chi connectivity index (χ4n) is 3.69. The van der Waals surface area contributed by atoms with Crippen LogP contribution in [0.15, 0.2) is 18.2 Å². The van der Waals surface area contributed by atoms with Crippen LogP contribution in [-0.4, -0.2) is 36.5 Å². The minimum absolute atomic E-state index is 0.00285. The summed E-state index contributed by atoms with van der Waals surface area (Å²) in [5.41, 5.74) is 2.32. The molecule has 1 aromatic carbocycles. The van der Waals surface area contributed by atoms with Crippen LogP contribution in [0.2, 0.25) is 5.02 Å². The highest BCUT2D eigenvalue weighted by atomic mass is 35.5. The summed E-state index contributed by atoms with van der Waals surface area (Å²) in [5, 5.41) is 7.12. The molecular weight excluding hydrogens is 322 g/mol. The van der Waals surface area contributed by atoms with E-state index < -0.39 is 0 Å². The van der Waals surface area contributed by atoms with Crippen LogP contribution < -0.4 is 10.6 Å². The molecule has 0 aliphatic carbocycles. The molecule has 0 aromatic heterocycles. The molecular formula is C19H30ClN3O. The third-order valence-corrected chi connectivity index (χ3v) is 4.69. The van der Waals surface area contributed by atoms with Gasteiger partial charge in [0.15, 0.2) is 0 Å². The van der Waals surface area contributed by atoms with Crippen molar-refractivity contribution in [1.29, 1.82) is 0 Å². The van der Waals surface area contributed by atoms with Gasteiger partial charge in [-0.15, -0.1) is 0 Å². The zero-order valence-corrected chi connectivity index (χ0v) is 16.0. The fraction of sp³-hybridized carbons (Fsp3) is 0.632. The lowest BCUT2D eigenvalue weighted by atomic mass is 9.91. The van der Waals surface area contributed by atoms with Crippen molar-refractivity contribution in [2.75, 3.05) is 25.0 Å². The molecule has 1 fully saturated rings. The van der Waals surface area contributed by atoms with Crippen molar-refractivity contribution >= 4 is 23.2 Å². The molecule has 2 N–H and O–H groups in total. The molecule has 1 aliphatic heterocycles. The van der Waals surface area contributed by atoms with Crippen molar-refractivity contribution in [2.45, 2.75) is 46.7 Å². The zero-order chi connectivity index (χ0) is 17.7. The standard InChI is InChI=1S/C19H30ClN3O/c1-13-7-14(2)11-23(10-13)12-17-8-18(20)5-6-19(17)21-9-15(3)22-16(4)24/h5-6,8,13-15,21H,7,9-12H2,1-4H3,(H,22,24)/t13-,14+,15?. The van der Waals surface area contributed by atoms with E-state index in [4.69, 9.17) is 11.6 Å². The Morgan fingerprint density at radius 1 is 1.33 bits per heavy atom. The second kappa shape index (κ2) is 8.72. The smallest absolute Gasteiger partial charge is 0.217 e. The van der Waals surface area contributed by atoms with E-state index in [-0.39, 0.29) is 11.9 Å². The van der Waals surface area contributed by atoms with Gasteiger partial charge >= 0.3 is 0 Å². The van der Waals surface area contributed by atoms with Crippen LogP contribution in [-0.2, 0) is 11.3 Å². The molecule has 24 heavy (non-hydrogen) atoms. The van der Waals surface area contributed by atoms with Gasteiger partial charge in [-0.25, -0.2) is 0 Å². The van der Waals surface area contributed by atoms with E-state index in [1.165, 1.54) is 12.0 Å². The van der Waals surface area contributed by atoms with Crippen LogP contribution in [0.1, 0.15) is 39.7 Å². The molecule has 1 amide bonds. The summed E-state index contributed by atoms with van der Waals surface area (Å²) in [6.45, 7) is 12.1. The Bertz CT molecular complexity index is 554. The van der Waals surface area contributed by atoms with Gasteiger partial charge in [0.05, 0.1) is 0 Å². The van der Waals surface area contributed by atoms with E-state index >= 15 is 0 Å². The van der Waals surface area contributed by atoms with E-state index in [9.17, 15) is 4.79 Å². The van der Waals surface area contributed by atoms with Crippen molar-refractivity contribution in [2.24, 2.45) is 11.8 Å². The van der Waals surface area contributed by atoms with Crippen molar-refractivity contribution in [1.82, 2.24) is 10.2 Å². The summed E-state index contributed by atoms with van der Waals surface area (Å²) in [5.74, 6) is 1.48. The maximum Gasteiger partial charge on any atom is 0.217 e. The number of nitrogens with one attached hydrogen (secondary N) is 2. The number of carbonyl (C=O) groups excluding carboxylic acids is 1. The summed E-state index contributed by atoms with van der Waals surface area (Å²) in [6, 6.07) is 6.09. The van der Waals surface area contributed by atoms with Gasteiger partial charge in [0, 0.05) is 49.9 Å². The lowest BCUT2D eigenvalue weighted by Crippen LogP contribution is -2.38. The number of hydrogen-bond acceptors (Lipinski definition) is 3. The summed E-state index contributed by atoms with van der Waals surface area (Å²) in [7, 11) is 0. The van der Waals surface area contributed by atoms with E-state index in [1.807, 2.05) is 19.1 Å². The Kier molecular flexibility index (Phi) is 6.93. The van der Waals surface area contributed by atoms with E-state index in [0.717, 1.165) is 42.2 Å². The van der Waals surface area contributed by atoms with Gasteiger partial charge in [-0.05, 0) is 48.9 Å². The van der Waals surface area contributed by atoms with Gasteiger partial charge in [-0.2, -0.15) is 0 Å². The van der Waals surface area contributed by atoms with Crippen molar-refractivity contribution in [3.05, 3.63) is 28.8 Å². The van der Waals surface area contributed by atoms with E-state index in [1.54, 1.807) is 6.92 Å². The normalized spacial score (nSPS) is 22.9. The van der Waals surface area contributed by atoms with Crippen molar-refractivity contribution < 1.29 is 4.79 Å². The van der Waals surface area contributed by atoms with Crippen LogP contribution in [0.5, 0.6) is 0 Å². The topological polar surface area (TPSA) is 44.4 Å². The average molecular weight is 352 g/mol. The number of rotatable bonds is 6. The number of nitrogens with zero attached hydrogens (tertiary/aromatic N) is 1. The zero-order valence-electron chi connectivity index (χ0n) is 15.2. The first-order valence-corrected chi connectivity index (χ1v) is 9.23. The van der Waals surface area contributed by atoms with E-state index in [2.05, 4.69) is 35.4 Å². The molecule has 1 unspecified atom stereocenters. The lowest BCUT2D eigenvalue weighted by Gasteiger charge is -2.35. The maximum atomic E-state index is 11.1. The Labute approximate surface area is 150 Å². The lowest BCUT2D eigenvalue weighted by molar-refractivity contribution is -0.119. The third kappa shape index (κ3) is 5.99. The molecule has 1 aliphatic rings. The summed E-state index contributed by atoms with van der Waals surface area (Å²) in [6.07, 6.45) is 1.31. The molecule has 1 aromatic rings. The minimum Gasteiger partial charge on any atom is -0.383 e. The summed E-state index contributed by atoms with van der Waals surface area (Å²) >= 11 is 6.22. The van der Waals surface area contributed by atoms with E-state index in [0.29, 0.717) is 6.54 Å². The first-order valence-electron chi connectivity index (χ1n) is 8.85. The molecule has 1 saturated heterocycles. The SMILES string of the molecule is CC(=O)NC(C)CNc1ccc(Cl)cc1CN1C[C@H](C)C[C@H](C)C1. The quantitative estimate of drug-likeness (QED) is 0.820. The monoisotopic (exact) mass is 351 g/mol.